The van der Waals surface area contributed by atoms with E-state index in [0.29, 0.717) is 26.3 Å². The van der Waals surface area contributed by atoms with Gasteiger partial charge in [0.25, 0.3) is 0 Å². The third-order valence-electron chi connectivity index (χ3n) is 2.71. The van der Waals surface area contributed by atoms with Gasteiger partial charge in [-0.15, -0.1) is 0 Å². The summed E-state index contributed by atoms with van der Waals surface area (Å²) in [7, 11) is 0. The second-order valence-corrected chi connectivity index (χ2v) is 4.16. The van der Waals surface area contributed by atoms with Crippen molar-refractivity contribution in [3.8, 4) is 0 Å². The standard InChI is InChI=1S/C13H25N3O3/c1-3-17-7-5-16(6-8-18-4-2)11-13-9-12(10-14)15-19-13/h9H,3-8,10-11,14H2,1-2H3. The third kappa shape index (κ3) is 6.68. The third-order valence-corrected chi connectivity index (χ3v) is 2.71. The zero-order valence-electron chi connectivity index (χ0n) is 11.9. The maximum atomic E-state index is 5.51. The van der Waals surface area contributed by atoms with Gasteiger partial charge in [0, 0.05) is 38.9 Å². The fraction of sp³-hybridized carbons (Fsp3) is 0.769. The van der Waals surface area contributed by atoms with Gasteiger partial charge in [0.1, 0.15) is 0 Å². The van der Waals surface area contributed by atoms with E-state index >= 15 is 0 Å². The highest BCUT2D eigenvalue weighted by molar-refractivity contribution is 5.04. The average molecular weight is 271 g/mol. The van der Waals surface area contributed by atoms with Gasteiger partial charge in [-0.25, -0.2) is 0 Å². The highest BCUT2D eigenvalue weighted by Crippen LogP contribution is 2.07. The van der Waals surface area contributed by atoms with Gasteiger partial charge in [-0.3, -0.25) is 4.90 Å². The molecule has 1 aromatic heterocycles. The van der Waals surface area contributed by atoms with Crippen LogP contribution in [0, 0.1) is 0 Å². The Kier molecular flexibility index (Phi) is 8.40. The van der Waals surface area contributed by atoms with Crippen molar-refractivity contribution in [2.24, 2.45) is 5.73 Å². The van der Waals surface area contributed by atoms with Gasteiger partial charge in [-0.05, 0) is 13.8 Å². The maximum Gasteiger partial charge on any atom is 0.151 e. The summed E-state index contributed by atoms with van der Waals surface area (Å²) in [6, 6.07) is 1.90. The van der Waals surface area contributed by atoms with E-state index in [9.17, 15) is 0 Å². The number of rotatable bonds is 11. The van der Waals surface area contributed by atoms with Gasteiger partial charge in [-0.2, -0.15) is 0 Å². The Morgan fingerprint density at radius 1 is 1.21 bits per heavy atom. The molecule has 1 rings (SSSR count). The Balaban J connectivity index is 2.41. The monoisotopic (exact) mass is 271 g/mol. The van der Waals surface area contributed by atoms with E-state index in [-0.39, 0.29) is 0 Å². The summed E-state index contributed by atoms with van der Waals surface area (Å²) >= 11 is 0. The Labute approximate surface area is 114 Å². The molecular weight excluding hydrogens is 246 g/mol. The van der Waals surface area contributed by atoms with Crippen LogP contribution in [0.5, 0.6) is 0 Å². The highest BCUT2D eigenvalue weighted by atomic mass is 16.5. The summed E-state index contributed by atoms with van der Waals surface area (Å²) in [6.45, 7) is 9.68. The lowest BCUT2D eigenvalue weighted by molar-refractivity contribution is 0.0758. The number of hydrogen-bond acceptors (Lipinski definition) is 6. The van der Waals surface area contributed by atoms with Gasteiger partial charge in [0.15, 0.2) is 5.76 Å². The molecule has 0 aliphatic heterocycles. The van der Waals surface area contributed by atoms with Crippen molar-refractivity contribution >= 4 is 0 Å². The molecule has 0 unspecified atom stereocenters. The Hall–Kier alpha value is -0.950. The molecule has 0 bridgehead atoms. The maximum absolute atomic E-state index is 5.51. The van der Waals surface area contributed by atoms with Gasteiger partial charge in [-0.1, -0.05) is 5.16 Å². The van der Waals surface area contributed by atoms with Crippen LogP contribution in [0.4, 0.5) is 0 Å². The van der Waals surface area contributed by atoms with Crippen LogP contribution in [0.15, 0.2) is 10.6 Å². The number of ether oxygens (including phenoxy) is 2. The van der Waals surface area contributed by atoms with Gasteiger partial charge >= 0.3 is 0 Å². The van der Waals surface area contributed by atoms with E-state index in [1.165, 1.54) is 0 Å². The van der Waals surface area contributed by atoms with Crippen LogP contribution in [-0.4, -0.2) is 49.6 Å². The molecule has 0 aliphatic carbocycles. The predicted octanol–water partition coefficient (Wildman–Crippen LogP) is 1.01. The van der Waals surface area contributed by atoms with Gasteiger partial charge in [0.05, 0.1) is 25.5 Å². The van der Waals surface area contributed by atoms with Crippen molar-refractivity contribution in [2.75, 3.05) is 39.5 Å². The smallest absolute Gasteiger partial charge is 0.151 e. The van der Waals surface area contributed by atoms with E-state index < -0.39 is 0 Å². The molecule has 110 valence electrons. The second kappa shape index (κ2) is 9.91. The topological polar surface area (TPSA) is 73.8 Å². The Morgan fingerprint density at radius 2 is 1.84 bits per heavy atom. The molecule has 0 aliphatic rings. The molecule has 0 fully saturated rings. The fourth-order valence-corrected chi connectivity index (χ4v) is 1.69. The number of aromatic nitrogens is 1. The second-order valence-electron chi connectivity index (χ2n) is 4.16. The Morgan fingerprint density at radius 3 is 2.32 bits per heavy atom. The highest BCUT2D eigenvalue weighted by Gasteiger charge is 2.10. The van der Waals surface area contributed by atoms with Gasteiger partial charge in [0.2, 0.25) is 0 Å². The first-order chi connectivity index (χ1) is 9.30. The molecule has 1 heterocycles. The molecule has 0 spiro atoms. The molecule has 0 amide bonds. The summed E-state index contributed by atoms with van der Waals surface area (Å²) in [5.41, 5.74) is 6.30. The van der Waals surface area contributed by atoms with Crippen molar-refractivity contribution in [3.05, 3.63) is 17.5 Å². The SMILES string of the molecule is CCOCCN(CCOCC)Cc1cc(CN)no1. The first kappa shape index (κ1) is 16.1. The molecule has 0 saturated carbocycles. The number of nitrogens with two attached hydrogens (primary N) is 1. The van der Waals surface area contributed by atoms with E-state index in [4.69, 9.17) is 19.7 Å². The fourth-order valence-electron chi connectivity index (χ4n) is 1.69. The normalized spacial score (nSPS) is 11.4. The van der Waals surface area contributed by atoms with Crippen LogP contribution >= 0.6 is 0 Å². The zero-order chi connectivity index (χ0) is 13.9. The largest absolute Gasteiger partial charge is 0.380 e. The van der Waals surface area contributed by atoms with Crippen molar-refractivity contribution in [1.29, 1.82) is 0 Å². The van der Waals surface area contributed by atoms with Crippen molar-refractivity contribution < 1.29 is 14.0 Å². The van der Waals surface area contributed by atoms with Crippen LogP contribution in [0.25, 0.3) is 0 Å². The van der Waals surface area contributed by atoms with Crippen LogP contribution in [0.3, 0.4) is 0 Å². The lowest BCUT2D eigenvalue weighted by atomic mass is 10.3. The molecule has 6 heteroatoms. The Bertz CT molecular complexity index is 321. The molecule has 0 aromatic carbocycles. The van der Waals surface area contributed by atoms with Crippen LogP contribution in [0.1, 0.15) is 25.3 Å². The predicted molar refractivity (Wildman–Crippen MR) is 72.7 cm³/mol. The van der Waals surface area contributed by atoms with Crippen molar-refractivity contribution in [2.45, 2.75) is 26.9 Å². The molecule has 0 atom stereocenters. The zero-order valence-corrected chi connectivity index (χ0v) is 11.9. The summed E-state index contributed by atoms with van der Waals surface area (Å²) in [6.07, 6.45) is 0. The van der Waals surface area contributed by atoms with Gasteiger partial charge < -0.3 is 19.7 Å². The quantitative estimate of drug-likeness (QED) is 0.605. The number of hydrogen-bond donors (Lipinski definition) is 1. The van der Waals surface area contributed by atoms with Crippen LogP contribution < -0.4 is 5.73 Å². The number of nitrogens with zero attached hydrogens (tertiary/aromatic N) is 2. The molecule has 1 aromatic rings. The molecular formula is C13H25N3O3. The van der Waals surface area contributed by atoms with E-state index in [1.54, 1.807) is 0 Å². The summed E-state index contributed by atoms with van der Waals surface area (Å²) in [5.74, 6) is 0.827. The lowest BCUT2D eigenvalue weighted by Gasteiger charge is -2.20. The summed E-state index contributed by atoms with van der Waals surface area (Å²) in [5, 5.41) is 3.89. The summed E-state index contributed by atoms with van der Waals surface area (Å²) < 4.78 is 16.0. The molecule has 6 nitrogen and oxygen atoms in total. The molecule has 0 radical (unpaired) electrons. The minimum absolute atomic E-state index is 0.404. The van der Waals surface area contributed by atoms with E-state index in [0.717, 1.165) is 37.8 Å². The average Bonchev–Trinajstić information content (AvgIpc) is 2.87. The first-order valence-electron chi connectivity index (χ1n) is 6.82. The van der Waals surface area contributed by atoms with Crippen molar-refractivity contribution in [3.63, 3.8) is 0 Å². The van der Waals surface area contributed by atoms with Crippen molar-refractivity contribution in [1.82, 2.24) is 10.1 Å². The van der Waals surface area contributed by atoms with E-state index in [1.807, 2.05) is 19.9 Å². The van der Waals surface area contributed by atoms with Crippen LogP contribution in [-0.2, 0) is 22.6 Å². The molecule has 0 saturated heterocycles. The lowest BCUT2D eigenvalue weighted by Crippen LogP contribution is -2.30. The molecule has 19 heavy (non-hydrogen) atoms. The minimum atomic E-state index is 0.404. The van der Waals surface area contributed by atoms with Crippen LogP contribution in [0.2, 0.25) is 0 Å². The van der Waals surface area contributed by atoms with E-state index in [2.05, 4.69) is 10.1 Å². The first-order valence-corrected chi connectivity index (χ1v) is 6.82. The summed E-state index contributed by atoms with van der Waals surface area (Å²) in [4.78, 5) is 2.23. The molecule has 2 N–H and O–H groups in total. The minimum Gasteiger partial charge on any atom is -0.380 e.